The second-order valence-corrected chi connectivity index (χ2v) is 7.98. The summed E-state index contributed by atoms with van der Waals surface area (Å²) in [5, 5.41) is 2.17. The Bertz CT molecular complexity index is 752. The van der Waals surface area contributed by atoms with Gasteiger partial charge in [-0.15, -0.1) is 0 Å². The van der Waals surface area contributed by atoms with Gasteiger partial charge < -0.3 is 0 Å². The number of aryl methyl sites for hydroxylation is 1. The number of nitrogens with one attached hydrogen (secondary N) is 1. The van der Waals surface area contributed by atoms with Crippen LogP contribution in [0.4, 0.5) is 0 Å². The third kappa shape index (κ3) is 6.72. The molecule has 144 valence electrons. The van der Waals surface area contributed by atoms with E-state index in [0.29, 0.717) is 12.0 Å². The Kier molecular flexibility index (Phi) is 7.43. The lowest BCUT2D eigenvalue weighted by molar-refractivity contribution is -0.139. The quantitative estimate of drug-likeness (QED) is 0.559. The second-order valence-electron chi connectivity index (χ2n) is 7.54. The minimum Gasteiger partial charge on any atom is -0.273 e. The van der Waals surface area contributed by atoms with Crippen LogP contribution in [0.2, 0.25) is 5.02 Å². The lowest BCUT2D eigenvalue weighted by Gasteiger charge is -2.35. The van der Waals surface area contributed by atoms with Crippen LogP contribution < -0.4 is 5.43 Å². The molecule has 0 saturated heterocycles. The molecule has 0 saturated carbocycles. The van der Waals surface area contributed by atoms with Crippen LogP contribution in [-0.2, 0) is 11.2 Å². The van der Waals surface area contributed by atoms with Gasteiger partial charge in [0.15, 0.2) is 0 Å². The SMILES string of the molecule is CC(C)(C)N(NC(=O)c1ccccc1)C(=O)CCCCc1ccc(Cl)cc1. The van der Waals surface area contributed by atoms with Crippen LogP contribution in [-0.4, -0.2) is 22.4 Å². The van der Waals surface area contributed by atoms with Crippen molar-refractivity contribution < 1.29 is 9.59 Å². The highest BCUT2D eigenvalue weighted by atomic mass is 35.5. The summed E-state index contributed by atoms with van der Waals surface area (Å²) < 4.78 is 0. The monoisotopic (exact) mass is 386 g/mol. The number of hydrazine groups is 1. The Morgan fingerprint density at radius 3 is 2.19 bits per heavy atom. The molecule has 2 rings (SSSR count). The molecule has 0 spiro atoms. The standard InChI is InChI=1S/C22H27ClN2O2/c1-22(2,3)25(24-21(27)18-10-5-4-6-11-18)20(26)12-8-7-9-17-13-15-19(23)16-14-17/h4-6,10-11,13-16H,7-9,12H2,1-3H3,(H,24,27). The van der Waals surface area contributed by atoms with Gasteiger partial charge in [-0.25, -0.2) is 5.01 Å². The van der Waals surface area contributed by atoms with Crippen LogP contribution in [0.15, 0.2) is 54.6 Å². The first-order valence-corrected chi connectivity index (χ1v) is 9.59. The van der Waals surface area contributed by atoms with Crippen LogP contribution in [0.25, 0.3) is 0 Å². The van der Waals surface area contributed by atoms with Crippen LogP contribution in [0.5, 0.6) is 0 Å². The zero-order valence-corrected chi connectivity index (χ0v) is 16.9. The van der Waals surface area contributed by atoms with E-state index in [0.717, 1.165) is 24.3 Å². The number of benzene rings is 2. The predicted molar refractivity (Wildman–Crippen MR) is 110 cm³/mol. The molecular weight excluding hydrogens is 360 g/mol. The summed E-state index contributed by atoms with van der Waals surface area (Å²) in [6.07, 6.45) is 2.95. The first-order chi connectivity index (χ1) is 12.8. The first-order valence-electron chi connectivity index (χ1n) is 9.21. The number of rotatable bonds is 6. The lowest BCUT2D eigenvalue weighted by atomic mass is 10.0. The highest BCUT2D eigenvalue weighted by Gasteiger charge is 2.28. The van der Waals surface area contributed by atoms with E-state index in [9.17, 15) is 9.59 Å². The van der Waals surface area contributed by atoms with Gasteiger partial charge in [-0.3, -0.25) is 15.0 Å². The van der Waals surface area contributed by atoms with Crippen molar-refractivity contribution in [2.24, 2.45) is 0 Å². The molecule has 0 unspecified atom stereocenters. The fourth-order valence-electron chi connectivity index (χ4n) is 2.73. The number of unbranched alkanes of at least 4 members (excludes halogenated alkanes) is 1. The van der Waals surface area contributed by atoms with Gasteiger partial charge in [0, 0.05) is 17.0 Å². The summed E-state index contributed by atoms with van der Waals surface area (Å²) in [6.45, 7) is 5.72. The summed E-state index contributed by atoms with van der Waals surface area (Å²) >= 11 is 5.89. The molecule has 0 radical (unpaired) electrons. The van der Waals surface area contributed by atoms with Gasteiger partial charge in [0.1, 0.15) is 0 Å². The molecule has 0 atom stereocenters. The van der Waals surface area contributed by atoms with E-state index in [2.05, 4.69) is 5.43 Å². The minimum absolute atomic E-state index is 0.0807. The van der Waals surface area contributed by atoms with Gasteiger partial charge in [-0.1, -0.05) is 41.9 Å². The van der Waals surface area contributed by atoms with Crippen molar-refractivity contribution in [2.45, 2.75) is 52.0 Å². The predicted octanol–water partition coefficient (Wildman–Crippen LogP) is 5.02. The zero-order chi connectivity index (χ0) is 19.9. The number of nitrogens with zero attached hydrogens (tertiary/aromatic N) is 1. The molecule has 0 fully saturated rings. The van der Waals surface area contributed by atoms with E-state index in [1.165, 1.54) is 10.6 Å². The lowest BCUT2D eigenvalue weighted by Crippen LogP contribution is -2.55. The highest BCUT2D eigenvalue weighted by Crippen LogP contribution is 2.16. The third-order valence-electron chi connectivity index (χ3n) is 4.19. The fraction of sp³-hybridized carbons (Fsp3) is 0.364. The Balaban J connectivity index is 1.88. The van der Waals surface area contributed by atoms with E-state index in [1.54, 1.807) is 24.3 Å². The highest BCUT2D eigenvalue weighted by molar-refractivity contribution is 6.30. The zero-order valence-electron chi connectivity index (χ0n) is 16.2. The van der Waals surface area contributed by atoms with E-state index in [4.69, 9.17) is 11.6 Å². The first kappa shape index (κ1) is 21.0. The van der Waals surface area contributed by atoms with Gasteiger partial charge in [-0.05, 0) is 69.9 Å². The van der Waals surface area contributed by atoms with E-state index >= 15 is 0 Å². The number of hydrogen-bond donors (Lipinski definition) is 1. The molecular formula is C22H27ClN2O2. The molecule has 0 aromatic heterocycles. The Hall–Kier alpha value is -2.33. The van der Waals surface area contributed by atoms with Crippen molar-refractivity contribution in [3.05, 3.63) is 70.7 Å². The molecule has 27 heavy (non-hydrogen) atoms. The normalized spacial score (nSPS) is 11.1. The van der Waals surface area contributed by atoms with Crippen LogP contribution in [0.1, 0.15) is 56.0 Å². The van der Waals surface area contributed by atoms with Crippen molar-refractivity contribution >= 4 is 23.4 Å². The largest absolute Gasteiger partial charge is 0.273 e. The summed E-state index contributed by atoms with van der Waals surface area (Å²) in [5.41, 5.74) is 4.00. The summed E-state index contributed by atoms with van der Waals surface area (Å²) in [6, 6.07) is 16.7. The average molecular weight is 387 g/mol. The molecule has 5 heteroatoms. The maximum absolute atomic E-state index is 12.7. The topological polar surface area (TPSA) is 49.4 Å². The fourth-order valence-corrected chi connectivity index (χ4v) is 2.85. The van der Waals surface area contributed by atoms with Gasteiger partial charge in [0.2, 0.25) is 5.91 Å². The van der Waals surface area contributed by atoms with Gasteiger partial charge in [0.25, 0.3) is 5.91 Å². The Morgan fingerprint density at radius 1 is 0.963 bits per heavy atom. The molecule has 2 amide bonds. The number of carbonyl (C=O) groups excluding carboxylic acids is 2. The van der Waals surface area contributed by atoms with Gasteiger partial charge >= 0.3 is 0 Å². The summed E-state index contributed by atoms with van der Waals surface area (Å²) in [5.74, 6) is -0.358. The molecule has 2 aromatic carbocycles. The van der Waals surface area contributed by atoms with Crippen molar-refractivity contribution in [3.8, 4) is 0 Å². The Morgan fingerprint density at radius 2 is 1.59 bits per heavy atom. The van der Waals surface area contributed by atoms with E-state index < -0.39 is 5.54 Å². The van der Waals surface area contributed by atoms with Gasteiger partial charge in [-0.2, -0.15) is 0 Å². The maximum Gasteiger partial charge on any atom is 0.269 e. The van der Waals surface area contributed by atoms with Crippen molar-refractivity contribution in [3.63, 3.8) is 0 Å². The van der Waals surface area contributed by atoms with Crippen LogP contribution >= 0.6 is 11.6 Å². The second kappa shape index (κ2) is 9.56. The smallest absolute Gasteiger partial charge is 0.269 e. The third-order valence-corrected chi connectivity index (χ3v) is 4.44. The number of amides is 2. The number of halogens is 1. The molecule has 0 bridgehead atoms. The van der Waals surface area contributed by atoms with Crippen LogP contribution in [0, 0.1) is 0 Å². The molecule has 0 aliphatic heterocycles. The Labute approximate surface area is 166 Å². The molecule has 0 aliphatic rings. The number of carbonyl (C=O) groups is 2. The molecule has 0 heterocycles. The molecule has 4 nitrogen and oxygen atoms in total. The molecule has 2 aromatic rings. The van der Waals surface area contributed by atoms with Crippen molar-refractivity contribution in [1.82, 2.24) is 10.4 Å². The van der Waals surface area contributed by atoms with E-state index in [1.807, 2.05) is 51.1 Å². The van der Waals surface area contributed by atoms with Crippen molar-refractivity contribution in [2.75, 3.05) is 0 Å². The summed E-state index contributed by atoms with van der Waals surface area (Å²) in [4.78, 5) is 25.1. The maximum atomic E-state index is 12.7. The molecule has 0 aliphatic carbocycles. The van der Waals surface area contributed by atoms with Crippen LogP contribution in [0.3, 0.4) is 0 Å². The minimum atomic E-state index is -0.502. The summed E-state index contributed by atoms with van der Waals surface area (Å²) in [7, 11) is 0. The average Bonchev–Trinajstić information content (AvgIpc) is 2.64. The molecule has 1 N–H and O–H groups in total. The van der Waals surface area contributed by atoms with Crippen molar-refractivity contribution in [1.29, 1.82) is 0 Å². The van der Waals surface area contributed by atoms with Gasteiger partial charge in [0.05, 0.1) is 5.54 Å². The number of hydrogen-bond acceptors (Lipinski definition) is 2. The van der Waals surface area contributed by atoms with E-state index in [-0.39, 0.29) is 11.8 Å².